The van der Waals surface area contributed by atoms with Gasteiger partial charge in [-0.1, -0.05) is 20.3 Å². The first-order valence-electron chi connectivity index (χ1n) is 3.99. The third-order valence-electron chi connectivity index (χ3n) is 1.80. The predicted molar refractivity (Wildman–Crippen MR) is 47.6 cm³/mol. The molecule has 0 spiro atoms. The van der Waals surface area contributed by atoms with E-state index >= 15 is 0 Å². The summed E-state index contributed by atoms with van der Waals surface area (Å²) >= 11 is 1.27. The van der Waals surface area contributed by atoms with E-state index in [9.17, 15) is 4.39 Å². The van der Waals surface area contributed by atoms with Gasteiger partial charge in [0.05, 0.1) is 0 Å². The van der Waals surface area contributed by atoms with Crippen LogP contribution in [-0.4, -0.2) is 0 Å². The lowest BCUT2D eigenvalue weighted by atomic mass is 10.1. The predicted octanol–water partition coefficient (Wildman–Crippen LogP) is 3.79. The molecule has 0 aromatic carbocycles. The van der Waals surface area contributed by atoms with E-state index in [1.165, 1.54) is 22.6 Å². The van der Waals surface area contributed by atoms with Gasteiger partial charge >= 0.3 is 0 Å². The highest BCUT2D eigenvalue weighted by molar-refractivity contribution is 7.10. The lowest BCUT2D eigenvalue weighted by Crippen LogP contribution is -1.87. The second-order valence-electron chi connectivity index (χ2n) is 2.83. The Kier molecular flexibility index (Phi) is 3.06. The lowest BCUT2D eigenvalue weighted by Gasteiger charge is -2.05. The Balaban J connectivity index is 2.60. The minimum atomic E-state index is -0.0667. The highest BCUT2D eigenvalue weighted by Crippen LogP contribution is 2.26. The van der Waals surface area contributed by atoms with Gasteiger partial charge in [-0.3, -0.25) is 0 Å². The number of hydrogen-bond donors (Lipinski definition) is 0. The van der Waals surface area contributed by atoms with Crippen LogP contribution in [0.4, 0.5) is 4.39 Å². The molecule has 2 heteroatoms. The quantitative estimate of drug-likeness (QED) is 0.650. The molecular weight excluding hydrogens is 159 g/mol. The summed E-state index contributed by atoms with van der Waals surface area (Å²) in [5, 5.41) is -0.0667. The van der Waals surface area contributed by atoms with Gasteiger partial charge in [0.25, 0.3) is 0 Å². The molecule has 1 aromatic rings. The van der Waals surface area contributed by atoms with Crippen LogP contribution in [0.1, 0.15) is 37.5 Å². The van der Waals surface area contributed by atoms with E-state index in [0.717, 1.165) is 6.42 Å². The molecule has 0 fully saturated rings. The van der Waals surface area contributed by atoms with E-state index in [2.05, 4.69) is 13.8 Å². The lowest BCUT2D eigenvalue weighted by molar-refractivity contribution is 0.657. The van der Waals surface area contributed by atoms with Gasteiger partial charge in [0, 0.05) is 4.88 Å². The molecule has 1 rings (SSSR count). The van der Waals surface area contributed by atoms with E-state index < -0.39 is 0 Å². The fourth-order valence-electron chi connectivity index (χ4n) is 1.17. The fraction of sp³-hybridized carbons (Fsp3) is 0.556. The minimum Gasteiger partial charge on any atom is -0.195 e. The highest BCUT2D eigenvalue weighted by atomic mass is 32.1. The molecule has 0 aliphatic rings. The third kappa shape index (κ3) is 2.29. The average Bonchev–Trinajstić information content (AvgIpc) is 2.36. The average molecular weight is 172 g/mol. The highest BCUT2D eigenvalue weighted by Gasteiger charge is 2.06. The van der Waals surface area contributed by atoms with Crippen molar-refractivity contribution >= 4 is 11.3 Å². The van der Waals surface area contributed by atoms with Gasteiger partial charge in [0.15, 0.2) is 5.13 Å². The van der Waals surface area contributed by atoms with Crippen molar-refractivity contribution in [2.24, 2.45) is 0 Å². The first-order chi connectivity index (χ1) is 5.24. The molecule has 0 amide bonds. The Morgan fingerprint density at radius 3 is 2.73 bits per heavy atom. The first kappa shape index (κ1) is 8.72. The standard InChI is InChI=1S/C9H13FS/c1-3-4-7(2)8-5-6-9(10)11-8/h5-7H,3-4H2,1-2H3. The van der Waals surface area contributed by atoms with Crippen molar-refractivity contribution in [2.45, 2.75) is 32.6 Å². The molecule has 1 atom stereocenters. The van der Waals surface area contributed by atoms with Gasteiger partial charge < -0.3 is 0 Å². The molecule has 0 aliphatic heterocycles. The Morgan fingerprint density at radius 1 is 1.55 bits per heavy atom. The number of halogens is 1. The molecule has 0 N–H and O–H groups in total. The summed E-state index contributed by atoms with van der Waals surface area (Å²) in [6, 6.07) is 3.44. The van der Waals surface area contributed by atoms with Crippen LogP contribution in [0.25, 0.3) is 0 Å². The van der Waals surface area contributed by atoms with Crippen molar-refractivity contribution in [2.75, 3.05) is 0 Å². The van der Waals surface area contributed by atoms with Crippen LogP contribution in [0, 0.1) is 5.13 Å². The molecule has 0 saturated carbocycles. The SMILES string of the molecule is CCCC(C)c1ccc(F)s1. The summed E-state index contributed by atoms with van der Waals surface area (Å²) in [5.41, 5.74) is 0. The Labute approximate surface area is 71.1 Å². The summed E-state index contributed by atoms with van der Waals surface area (Å²) in [5.74, 6) is 0.523. The van der Waals surface area contributed by atoms with Crippen molar-refractivity contribution in [3.63, 3.8) is 0 Å². The van der Waals surface area contributed by atoms with Crippen LogP contribution in [0.5, 0.6) is 0 Å². The molecule has 0 bridgehead atoms. The van der Waals surface area contributed by atoms with E-state index in [0.29, 0.717) is 5.92 Å². The van der Waals surface area contributed by atoms with Crippen LogP contribution >= 0.6 is 11.3 Å². The molecule has 11 heavy (non-hydrogen) atoms. The van der Waals surface area contributed by atoms with E-state index in [4.69, 9.17) is 0 Å². The molecule has 1 aromatic heterocycles. The second-order valence-corrected chi connectivity index (χ2v) is 3.90. The van der Waals surface area contributed by atoms with Crippen LogP contribution in [-0.2, 0) is 0 Å². The molecule has 1 heterocycles. The summed E-state index contributed by atoms with van der Waals surface area (Å²) in [6.45, 7) is 4.30. The van der Waals surface area contributed by atoms with Gasteiger partial charge in [-0.2, -0.15) is 4.39 Å². The fourth-order valence-corrected chi connectivity index (χ4v) is 1.98. The van der Waals surface area contributed by atoms with Gasteiger partial charge in [0.1, 0.15) is 0 Å². The number of thiophene rings is 1. The van der Waals surface area contributed by atoms with Gasteiger partial charge in [0.2, 0.25) is 0 Å². The van der Waals surface area contributed by atoms with Crippen LogP contribution in [0.15, 0.2) is 12.1 Å². The Morgan fingerprint density at radius 2 is 2.27 bits per heavy atom. The van der Waals surface area contributed by atoms with E-state index in [1.54, 1.807) is 6.07 Å². The Hall–Kier alpha value is -0.370. The first-order valence-corrected chi connectivity index (χ1v) is 4.81. The third-order valence-corrected chi connectivity index (χ3v) is 2.91. The van der Waals surface area contributed by atoms with Gasteiger partial charge in [-0.15, -0.1) is 11.3 Å². The molecule has 0 nitrogen and oxygen atoms in total. The van der Waals surface area contributed by atoms with E-state index in [-0.39, 0.29) is 5.13 Å². The van der Waals surface area contributed by atoms with Crippen LogP contribution in [0.3, 0.4) is 0 Å². The second kappa shape index (κ2) is 3.86. The molecular formula is C9H13FS. The van der Waals surface area contributed by atoms with Crippen molar-refractivity contribution in [1.29, 1.82) is 0 Å². The smallest absolute Gasteiger partial charge is 0.176 e. The van der Waals surface area contributed by atoms with Crippen LogP contribution < -0.4 is 0 Å². The van der Waals surface area contributed by atoms with Crippen molar-refractivity contribution in [3.8, 4) is 0 Å². The normalized spacial score (nSPS) is 13.4. The molecule has 62 valence electrons. The molecule has 0 radical (unpaired) electrons. The zero-order valence-electron chi connectivity index (χ0n) is 6.93. The maximum atomic E-state index is 12.5. The van der Waals surface area contributed by atoms with Crippen LogP contribution in [0.2, 0.25) is 0 Å². The number of rotatable bonds is 3. The molecule has 1 unspecified atom stereocenters. The molecule has 0 saturated heterocycles. The number of hydrogen-bond acceptors (Lipinski definition) is 1. The summed E-state index contributed by atoms with van der Waals surface area (Å²) in [6.07, 6.45) is 2.32. The summed E-state index contributed by atoms with van der Waals surface area (Å²) in [7, 11) is 0. The largest absolute Gasteiger partial charge is 0.195 e. The zero-order valence-corrected chi connectivity index (χ0v) is 7.75. The maximum Gasteiger partial charge on any atom is 0.176 e. The van der Waals surface area contributed by atoms with Gasteiger partial charge in [-0.05, 0) is 24.5 Å². The van der Waals surface area contributed by atoms with Gasteiger partial charge in [-0.25, -0.2) is 0 Å². The van der Waals surface area contributed by atoms with Crippen molar-refractivity contribution in [3.05, 3.63) is 22.1 Å². The monoisotopic (exact) mass is 172 g/mol. The van der Waals surface area contributed by atoms with Crippen molar-refractivity contribution in [1.82, 2.24) is 0 Å². The maximum absolute atomic E-state index is 12.5. The minimum absolute atomic E-state index is 0.0667. The van der Waals surface area contributed by atoms with Crippen molar-refractivity contribution < 1.29 is 4.39 Å². The van der Waals surface area contributed by atoms with E-state index in [1.807, 2.05) is 6.07 Å². The topological polar surface area (TPSA) is 0 Å². The summed E-state index contributed by atoms with van der Waals surface area (Å²) < 4.78 is 12.5. The Bertz CT molecular complexity index is 217. The zero-order chi connectivity index (χ0) is 8.27. The summed E-state index contributed by atoms with van der Waals surface area (Å²) in [4.78, 5) is 1.17. The molecule has 0 aliphatic carbocycles.